The maximum absolute atomic E-state index is 13.3. The van der Waals surface area contributed by atoms with Crippen molar-refractivity contribution >= 4 is 29.5 Å². The third kappa shape index (κ3) is 6.70. The van der Waals surface area contributed by atoms with Crippen LogP contribution in [0.4, 0.5) is 15.3 Å². The molecule has 4 rings (SSSR count). The third-order valence-electron chi connectivity index (χ3n) is 6.54. The monoisotopic (exact) mass is 520 g/mol. The van der Waals surface area contributed by atoms with E-state index in [4.69, 9.17) is 14.5 Å². The number of rotatable bonds is 4. The number of aliphatic imine (C=N–C) groups is 1. The van der Waals surface area contributed by atoms with Gasteiger partial charge in [-0.05, 0) is 50.7 Å². The maximum atomic E-state index is 13.3. The summed E-state index contributed by atoms with van der Waals surface area (Å²) < 4.78 is 11.1. The summed E-state index contributed by atoms with van der Waals surface area (Å²) in [5.74, 6) is -0.497. The fourth-order valence-electron chi connectivity index (χ4n) is 4.62. The van der Waals surface area contributed by atoms with E-state index in [2.05, 4.69) is 24.5 Å². The minimum atomic E-state index is -1.24. The number of benzene rings is 2. The van der Waals surface area contributed by atoms with E-state index < -0.39 is 35.9 Å². The predicted molar refractivity (Wildman–Crippen MR) is 145 cm³/mol. The summed E-state index contributed by atoms with van der Waals surface area (Å²) in [6, 6.07) is 16.1. The van der Waals surface area contributed by atoms with Gasteiger partial charge in [-0.15, -0.1) is 0 Å². The Morgan fingerprint density at radius 2 is 1.79 bits per heavy atom. The molecule has 2 aromatic rings. The number of carbonyl (C=O) groups excluding carboxylic acids is 3. The van der Waals surface area contributed by atoms with E-state index in [1.165, 1.54) is 0 Å². The molecule has 9 heteroatoms. The van der Waals surface area contributed by atoms with E-state index in [0.717, 1.165) is 12.0 Å². The highest BCUT2D eigenvalue weighted by Crippen LogP contribution is 2.37. The van der Waals surface area contributed by atoms with E-state index in [1.54, 1.807) is 11.0 Å². The largest absolute Gasteiger partial charge is 0.445 e. The van der Waals surface area contributed by atoms with E-state index in [-0.39, 0.29) is 12.0 Å². The van der Waals surface area contributed by atoms with E-state index in [0.29, 0.717) is 29.9 Å². The molecule has 0 bridgehead atoms. The summed E-state index contributed by atoms with van der Waals surface area (Å²) in [6.45, 7) is 10.3. The normalized spacial score (nSPS) is 20.8. The van der Waals surface area contributed by atoms with Crippen LogP contribution in [0.25, 0.3) is 0 Å². The molecule has 2 atom stereocenters. The van der Waals surface area contributed by atoms with Crippen molar-refractivity contribution in [2.24, 2.45) is 10.4 Å². The number of piperidine rings is 1. The fourth-order valence-corrected chi connectivity index (χ4v) is 4.62. The molecule has 0 saturated carbocycles. The van der Waals surface area contributed by atoms with Crippen LogP contribution >= 0.6 is 0 Å². The maximum Gasteiger partial charge on any atom is 0.410 e. The molecular formula is C29H36N4O5. The van der Waals surface area contributed by atoms with Crippen molar-refractivity contribution in [3.63, 3.8) is 0 Å². The van der Waals surface area contributed by atoms with Crippen LogP contribution in [-0.4, -0.2) is 53.1 Å². The average molecular weight is 521 g/mol. The number of hydrogen-bond donors (Lipinski definition) is 2. The van der Waals surface area contributed by atoms with Crippen LogP contribution in [0, 0.1) is 5.41 Å². The summed E-state index contributed by atoms with van der Waals surface area (Å²) >= 11 is 0. The molecule has 2 N–H and O–H groups in total. The minimum Gasteiger partial charge on any atom is -0.445 e. The van der Waals surface area contributed by atoms with Crippen LogP contribution in [0.5, 0.6) is 0 Å². The highest BCUT2D eigenvalue weighted by molar-refractivity contribution is 6.15. The second-order valence-corrected chi connectivity index (χ2v) is 11.5. The summed E-state index contributed by atoms with van der Waals surface area (Å²) in [4.78, 5) is 45.6. The lowest BCUT2D eigenvalue weighted by atomic mass is 9.76. The standard InChI is InChI=1S/C29H36N4O5/c1-28(2,3)38-27(36)33-16-15-29(4,5)17-22(33)23-20-13-9-10-14-21(20)30-25(34)24(31-23)32-26(35)37-18-19-11-7-6-8-12-19/h6-14,22,24H,15-18H2,1-5H3,(H,30,34)(H,32,35). The van der Waals surface area contributed by atoms with Crippen molar-refractivity contribution in [2.75, 3.05) is 11.9 Å². The molecule has 2 aliphatic rings. The van der Waals surface area contributed by atoms with Crippen LogP contribution in [-0.2, 0) is 20.9 Å². The number of benzodiazepines with no additional fused rings is 1. The molecule has 0 radical (unpaired) electrons. The predicted octanol–water partition coefficient (Wildman–Crippen LogP) is 5.11. The summed E-state index contributed by atoms with van der Waals surface area (Å²) in [5.41, 5.74) is 1.86. The van der Waals surface area contributed by atoms with Gasteiger partial charge in [-0.3, -0.25) is 20.0 Å². The number of para-hydroxylation sites is 1. The molecule has 2 aromatic carbocycles. The first-order valence-electron chi connectivity index (χ1n) is 12.9. The number of amides is 3. The van der Waals surface area contributed by atoms with Gasteiger partial charge < -0.3 is 14.8 Å². The number of hydrogen-bond acceptors (Lipinski definition) is 6. The van der Waals surface area contributed by atoms with Crippen molar-refractivity contribution in [3.8, 4) is 0 Å². The van der Waals surface area contributed by atoms with Crippen molar-refractivity contribution < 1.29 is 23.9 Å². The number of anilines is 1. The summed E-state index contributed by atoms with van der Waals surface area (Å²) in [6.07, 6.45) is -1.04. The van der Waals surface area contributed by atoms with Crippen LogP contribution in [0.1, 0.15) is 58.6 Å². The number of nitrogens with zero attached hydrogens (tertiary/aromatic N) is 2. The Kier molecular flexibility index (Phi) is 7.76. The Morgan fingerprint density at radius 1 is 1.11 bits per heavy atom. The summed E-state index contributed by atoms with van der Waals surface area (Å²) in [7, 11) is 0. The highest BCUT2D eigenvalue weighted by atomic mass is 16.6. The minimum absolute atomic E-state index is 0.0566. The zero-order valence-electron chi connectivity index (χ0n) is 22.6. The molecule has 2 heterocycles. The molecule has 38 heavy (non-hydrogen) atoms. The third-order valence-corrected chi connectivity index (χ3v) is 6.54. The Labute approximate surface area is 223 Å². The number of nitrogens with one attached hydrogen (secondary N) is 2. The molecule has 202 valence electrons. The van der Waals surface area contributed by atoms with Gasteiger partial charge in [0.15, 0.2) is 0 Å². The number of fused-ring (bicyclic) bond motifs is 1. The topological polar surface area (TPSA) is 109 Å². The molecule has 1 fully saturated rings. The smallest absolute Gasteiger partial charge is 0.410 e. The lowest BCUT2D eigenvalue weighted by Crippen LogP contribution is -2.54. The summed E-state index contributed by atoms with van der Waals surface area (Å²) in [5, 5.41) is 5.46. The van der Waals surface area contributed by atoms with Gasteiger partial charge in [0, 0.05) is 12.1 Å². The van der Waals surface area contributed by atoms with Crippen molar-refractivity contribution in [2.45, 2.75) is 71.9 Å². The van der Waals surface area contributed by atoms with Crippen molar-refractivity contribution in [1.82, 2.24) is 10.2 Å². The Morgan fingerprint density at radius 3 is 2.50 bits per heavy atom. The van der Waals surface area contributed by atoms with Gasteiger partial charge in [-0.2, -0.15) is 0 Å². The van der Waals surface area contributed by atoms with Crippen LogP contribution < -0.4 is 10.6 Å². The number of alkyl carbamates (subject to hydrolysis) is 1. The van der Waals surface area contributed by atoms with Gasteiger partial charge in [0.05, 0.1) is 17.4 Å². The molecule has 0 aromatic heterocycles. The first-order valence-corrected chi connectivity index (χ1v) is 12.9. The SMILES string of the molecule is CC1(C)CCN(C(=O)OC(C)(C)C)C(C2=NC(NC(=O)OCc3ccccc3)C(=O)Nc3ccccc32)C1. The highest BCUT2D eigenvalue weighted by Gasteiger charge is 2.42. The van der Waals surface area contributed by atoms with Gasteiger partial charge in [0.25, 0.3) is 5.91 Å². The molecular weight excluding hydrogens is 484 g/mol. The van der Waals surface area contributed by atoms with Crippen molar-refractivity contribution in [3.05, 3.63) is 65.7 Å². The van der Waals surface area contributed by atoms with Crippen LogP contribution in [0.2, 0.25) is 0 Å². The van der Waals surface area contributed by atoms with Gasteiger partial charge in [0.1, 0.15) is 12.2 Å². The van der Waals surface area contributed by atoms with Crippen LogP contribution in [0.15, 0.2) is 59.6 Å². The first-order chi connectivity index (χ1) is 17.9. The van der Waals surface area contributed by atoms with Gasteiger partial charge >= 0.3 is 12.2 Å². The second-order valence-electron chi connectivity index (χ2n) is 11.5. The molecule has 2 unspecified atom stereocenters. The lowest BCUT2D eigenvalue weighted by molar-refractivity contribution is -0.117. The van der Waals surface area contributed by atoms with E-state index in [1.807, 2.05) is 69.3 Å². The Bertz CT molecular complexity index is 1220. The average Bonchev–Trinajstić information content (AvgIpc) is 2.98. The number of likely N-dealkylation sites (tertiary alicyclic amines) is 1. The van der Waals surface area contributed by atoms with Gasteiger partial charge in [-0.1, -0.05) is 62.4 Å². The number of carbonyl (C=O) groups is 3. The zero-order chi connectivity index (χ0) is 27.5. The second kappa shape index (κ2) is 10.8. The van der Waals surface area contributed by atoms with Crippen molar-refractivity contribution in [1.29, 1.82) is 0 Å². The Hall–Kier alpha value is -3.88. The first kappa shape index (κ1) is 27.2. The molecule has 9 nitrogen and oxygen atoms in total. The van der Waals surface area contributed by atoms with E-state index >= 15 is 0 Å². The zero-order valence-corrected chi connectivity index (χ0v) is 22.6. The fraction of sp³-hybridized carbons (Fsp3) is 0.448. The van der Waals surface area contributed by atoms with Crippen LogP contribution in [0.3, 0.4) is 0 Å². The quantitative estimate of drug-likeness (QED) is 0.583. The lowest BCUT2D eigenvalue weighted by Gasteiger charge is -2.44. The molecule has 0 spiro atoms. The molecule has 3 amide bonds. The molecule has 0 aliphatic carbocycles. The Balaban J connectivity index is 1.66. The van der Waals surface area contributed by atoms with E-state index in [9.17, 15) is 14.4 Å². The van der Waals surface area contributed by atoms with Gasteiger partial charge in [-0.25, -0.2) is 9.59 Å². The van der Waals surface area contributed by atoms with Gasteiger partial charge in [0.2, 0.25) is 6.17 Å². The molecule has 2 aliphatic heterocycles. The molecule has 1 saturated heterocycles. The number of ether oxygens (including phenoxy) is 2.